The molecule has 0 aliphatic carbocycles. The molecule has 0 N–H and O–H groups in total. The molecule has 0 aliphatic rings. The number of nitrogens with zero attached hydrogens (tertiary/aromatic N) is 4. The van der Waals surface area contributed by atoms with Gasteiger partial charge in [0.2, 0.25) is 0 Å². The van der Waals surface area contributed by atoms with E-state index < -0.39 is 0 Å². The molecule has 224 valence electrons. The smallest absolute Gasteiger partial charge is 0.137 e. The summed E-state index contributed by atoms with van der Waals surface area (Å²) in [5.41, 5.74) is 8.96. The molecule has 3 aromatic heterocycles. The van der Waals surface area contributed by atoms with Crippen molar-refractivity contribution in [3.63, 3.8) is 0 Å². The van der Waals surface area contributed by atoms with E-state index >= 15 is 0 Å². The zero-order chi connectivity index (χ0) is 31.1. The molecule has 7 rings (SSSR count). The first kappa shape index (κ1) is 28.6. The van der Waals surface area contributed by atoms with Gasteiger partial charge < -0.3 is 4.74 Å². The summed E-state index contributed by atoms with van der Waals surface area (Å²) < 4.78 is 10.9. The molecule has 4 aromatic carbocycles. The van der Waals surface area contributed by atoms with Gasteiger partial charge in [0.15, 0.2) is 0 Å². The first-order chi connectivity index (χ1) is 21.8. The van der Waals surface area contributed by atoms with Crippen molar-refractivity contribution >= 4 is 21.8 Å². The number of pyridine rings is 1. The molecule has 45 heavy (non-hydrogen) atoms. The van der Waals surface area contributed by atoms with E-state index in [2.05, 4.69) is 135 Å². The highest BCUT2D eigenvalue weighted by atomic mass is 16.5. The van der Waals surface area contributed by atoms with E-state index in [1.807, 2.05) is 24.4 Å². The van der Waals surface area contributed by atoms with E-state index in [0.29, 0.717) is 0 Å². The Bertz CT molecular complexity index is 2150. The molecule has 3 heterocycles. The van der Waals surface area contributed by atoms with Crippen molar-refractivity contribution in [2.24, 2.45) is 0 Å². The molecule has 0 fully saturated rings. The Balaban J connectivity index is 1.33. The summed E-state index contributed by atoms with van der Waals surface area (Å²) in [5.74, 6) is 2.42. The first-order valence-corrected chi connectivity index (χ1v) is 15.7. The Morgan fingerprint density at radius 1 is 0.733 bits per heavy atom. The second-order valence-electron chi connectivity index (χ2n) is 12.8. The predicted octanol–water partition coefficient (Wildman–Crippen LogP) is 10.4. The van der Waals surface area contributed by atoms with Crippen LogP contribution in [0.4, 0.5) is 0 Å². The van der Waals surface area contributed by atoms with Gasteiger partial charge in [-0.2, -0.15) is 5.10 Å². The Morgan fingerprint density at radius 3 is 2.27 bits per heavy atom. The van der Waals surface area contributed by atoms with Gasteiger partial charge in [-0.15, -0.1) is 0 Å². The van der Waals surface area contributed by atoms with E-state index in [4.69, 9.17) is 14.8 Å². The lowest BCUT2D eigenvalue weighted by atomic mass is 9.85. The van der Waals surface area contributed by atoms with Gasteiger partial charge in [-0.25, -0.2) is 9.67 Å². The van der Waals surface area contributed by atoms with Gasteiger partial charge in [-0.05, 0) is 66.9 Å². The Hall–Kier alpha value is -5.16. The van der Waals surface area contributed by atoms with E-state index in [-0.39, 0.29) is 5.41 Å². The van der Waals surface area contributed by atoms with Crippen LogP contribution in [0.3, 0.4) is 0 Å². The van der Waals surface area contributed by atoms with Crippen molar-refractivity contribution in [3.05, 3.63) is 132 Å². The summed E-state index contributed by atoms with van der Waals surface area (Å²) in [7, 11) is 0. The van der Waals surface area contributed by atoms with Gasteiger partial charge in [0.1, 0.15) is 17.3 Å². The number of aryl methyl sites for hydroxylation is 2. The molecule has 5 nitrogen and oxygen atoms in total. The zero-order valence-corrected chi connectivity index (χ0v) is 26.6. The Labute approximate surface area is 264 Å². The number of para-hydroxylation sites is 1. The van der Waals surface area contributed by atoms with Gasteiger partial charge in [-0.1, -0.05) is 88.7 Å². The number of ether oxygens (including phenoxy) is 1. The Kier molecular flexibility index (Phi) is 7.25. The maximum Gasteiger partial charge on any atom is 0.137 e. The van der Waals surface area contributed by atoms with Crippen LogP contribution < -0.4 is 4.74 Å². The fourth-order valence-corrected chi connectivity index (χ4v) is 6.38. The van der Waals surface area contributed by atoms with Crippen LogP contribution in [0.1, 0.15) is 51.1 Å². The quantitative estimate of drug-likeness (QED) is 0.185. The molecule has 0 atom stereocenters. The minimum atomic E-state index is -0.136. The lowest BCUT2D eigenvalue weighted by Gasteiger charge is -2.23. The second kappa shape index (κ2) is 11.4. The average molecular weight is 591 g/mol. The van der Waals surface area contributed by atoms with Gasteiger partial charge in [0.05, 0.1) is 28.1 Å². The lowest BCUT2D eigenvalue weighted by Crippen LogP contribution is -2.18. The third kappa shape index (κ3) is 5.29. The number of aromatic nitrogens is 4. The van der Waals surface area contributed by atoms with Crippen LogP contribution in [-0.4, -0.2) is 19.3 Å². The molecular formula is C40H38N4O. The standard InChI is InChI=1S/C40H38N4O/c1-6-13-34-38(28-14-8-7-9-15-28)39(40(3,4)5)44(42-34)29-16-12-17-30(25-29)45-31-20-21-33-32-18-10-11-19-35(32)43(36(33)26-31)37-24-27(2)22-23-41-37/h7-12,14-26H,6,13H2,1-5H3. The van der Waals surface area contributed by atoms with Gasteiger partial charge in [0, 0.05) is 40.1 Å². The molecule has 0 aliphatic heterocycles. The summed E-state index contributed by atoms with van der Waals surface area (Å²) >= 11 is 0. The molecule has 0 radical (unpaired) electrons. The largest absolute Gasteiger partial charge is 0.457 e. The van der Waals surface area contributed by atoms with Crippen LogP contribution >= 0.6 is 0 Å². The third-order valence-electron chi connectivity index (χ3n) is 8.29. The van der Waals surface area contributed by atoms with Crippen LogP contribution in [0.25, 0.3) is 44.4 Å². The highest BCUT2D eigenvalue weighted by Crippen LogP contribution is 2.39. The van der Waals surface area contributed by atoms with E-state index in [1.165, 1.54) is 33.2 Å². The normalized spacial score (nSPS) is 11.8. The SMILES string of the molecule is CCCc1nn(-c2cccc(Oc3ccc4c5ccccc5n(-c5cc(C)ccn5)c4c3)c2)c(C(C)(C)C)c1-c1ccccc1. The summed E-state index contributed by atoms with van der Waals surface area (Å²) in [6, 6.07) is 37.9. The van der Waals surface area contributed by atoms with Crippen LogP contribution in [0.5, 0.6) is 11.5 Å². The average Bonchev–Trinajstić information content (AvgIpc) is 3.58. The van der Waals surface area contributed by atoms with Crippen molar-refractivity contribution in [2.75, 3.05) is 0 Å². The molecule has 0 saturated heterocycles. The van der Waals surface area contributed by atoms with Gasteiger partial charge >= 0.3 is 0 Å². The summed E-state index contributed by atoms with van der Waals surface area (Å²) in [6.07, 6.45) is 3.81. The summed E-state index contributed by atoms with van der Waals surface area (Å²) in [6.45, 7) is 11.1. The van der Waals surface area contributed by atoms with Gasteiger partial charge in [0.25, 0.3) is 0 Å². The topological polar surface area (TPSA) is 44.9 Å². The van der Waals surface area contributed by atoms with Gasteiger partial charge in [-0.3, -0.25) is 4.57 Å². The number of fused-ring (bicyclic) bond motifs is 3. The molecule has 0 saturated carbocycles. The maximum absolute atomic E-state index is 6.58. The zero-order valence-electron chi connectivity index (χ0n) is 26.6. The molecule has 0 spiro atoms. The lowest BCUT2D eigenvalue weighted by molar-refractivity contribution is 0.482. The monoisotopic (exact) mass is 590 g/mol. The number of hydrogen-bond acceptors (Lipinski definition) is 3. The third-order valence-corrected chi connectivity index (χ3v) is 8.29. The Morgan fingerprint density at radius 2 is 1.49 bits per heavy atom. The first-order valence-electron chi connectivity index (χ1n) is 15.7. The molecule has 5 heteroatoms. The van der Waals surface area contributed by atoms with E-state index in [9.17, 15) is 0 Å². The fourth-order valence-electron chi connectivity index (χ4n) is 6.38. The molecular weight excluding hydrogens is 552 g/mol. The van der Waals surface area contributed by atoms with Crippen LogP contribution in [0.15, 0.2) is 115 Å². The number of rotatable bonds is 7. The van der Waals surface area contributed by atoms with Crippen molar-refractivity contribution in [1.82, 2.24) is 19.3 Å². The predicted molar refractivity (Wildman–Crippen MR) is 185 cm³/mol. The van der Waals surface area contributed by atoms with Crippen molar-refractivity contribution < 1.29 is 4.74 Å². The number of benzene rings is 4. The molecule has 0 unspecified atom stereocenters. The molecule has 7 aromatic rings. The van der Waals surface area contributed by atoms with E-state index in [1.54, 1.807) is 0 Å². The highest BCUT2D eigenvalue weighted by molar-refractivity contribution is 6.09. The van der Waals surface area contributed by atoms with Crippen LogP contribution in [-0.2, 0) is 11.8 Å². The minimum absolute atomic E-state index is 0.136. The molecule has 0 amide bonds. The molecule has 0 bridgehead atoms. The van der Waals surface area contributed by atoms with Crippen molar-refractivity contribution in [3.8, 4) is 34.1 Å². The van der Waals surface area contributed by atoms with Crippen LogP contribution in [0, 0.1) is 6.92 Å². The summed E-state index contributed by atoms with van der Waals surface area (Å²) in [5, 5.41) is 7.58. The fraction of sp³-hybridized carbons (Fsp3) is 0.200. The summed E-state index contributed by atoms with van der Waals surface area (Å²) in [4.78, 5) is 4.73. The minimum Gasteiger partial charge on any atom is -0.457 e. The maximum atomic E-state index is 6.58. The van der Waals surface area contributed by atoms with Crippen LogP contribution in [0.2, 0.25) is 0 Å². The van der Waals surface area contributed by atoms with E-state index in [0.717, 1.165) is 52.6 Å². The number of hydrogen-bond donors (Lipinski definition) is 0. The highest BCUT2D eigenvalue weighted by Gasteiger charge is 2.29. The van der Waals surface area contributed by atoms with Crippen molar-refractivity contribution in [2.45, 2.75) is 52.9 Å². The van der Waals surface area contributed by atoms with Crippen molar-refractivity contribution in [1.29, 1.82) is 0 Å². The second-order valence-corrected chi connectivity index (χ2v) is 12.8.